The van der Waals surface area contributed by atoms with E-state index in [9.17, 15) is 19.5 Å². The van der Waals surface area contributed by atoms with E-state index >= 15 is 0 Å². The molecule has 8 atom stereocenters. The van der Waals surface area contributed by atoms with Gasteiger partial charge in [0, 0.05) is 29.6 Å². The van der Waals surface area contributed by atoms with Crippen molar-refractivity contribution >= 4 is 35.4 Å². The third kappa shape index (κ3) is 3.44. The minimum Gasteiger partial charge on any atom is -0.457 e. The summed E-state index contributed by atoms with van der Waals surface area (Å²) in [7, 11) is 0. The zero-order valence-corrected chi connectivity index (χ0v) is 23.7. The summed E-state index contributed by atoms with van der Waals surface area (Å²) in [6, 6.07) is 0. The second-order valence-corrected chi connectivity index (χ2v) is 12.9. The molecule has 0 radical (unpaired) electrons. The topological polar surface area (TPSA) is 119 Å². The maximum atomic E-state index is 14.0. The van der Waals surface area contributed by atoms with Crippen molar-refractivity contribution in [2.45, 2.75) is 96.1 Å². The van der Waals surface area contributed by atoms with Gasteiger partial charge in [-0.1, -0.05) is 40.2 Å². The molecule has 0 aromatic carbocycles. The molecule has 9 heteroatoms. The fourth-order valence-corrected chi connectivity index (χ4v) is 9.29. The van der Waals surface area contributed by atoms with Crippen LogP contribution in [0, 0.1) is 28.6 Å². The summed E-state index contributed by atoms with van der Waals surface area (Å²) >= 11 is 7.70. The van der Waals surface area contributed by atoms with Gasteiger partial charge in [-0.2, -0.15) is 5.10 Å². The van der Waals surface area contributed by atoms with Gasteiger partial charge in [0.2, 0.25) is 5.78 Å². The molecule has 208 valence electrons. The van der Waals surface area contributed by atoms with Crippen LogP contribution >= 0.6 is 11.6 Å². The van der Waals surface area contributed by atoms with Crippen LogP contribution in [0.15, 0.2) is 11.8 Å². The van der Waals surface area contributed by atoms with Crippen LogP contribution in [0.4, 0.5) is 0 Å². The number of carbonyl (C=O) groups is 3. The number of ether oxygens (including phenoxy) is 2. The normalized spacial score (nSPS) is 41.2. The van der Waals surface area contributed by atoms with E-state index in [1.807, 2.05) is 20.0 Å². The van der Waals surface area contributed by atoms with Crippen LogP contribution in [0.5, 0.6) is 0 Å². The van der Waals surface area contributed by atoms with Crippen LogP contribution in [0.2, 0.25) is 0 Å². The maximum Gasteiger partial charge on any atom is 0.306 e. The molecule has 38 heavy (non-hydrogen) atoms. The molecule has 1 aromatic heterocycles. The SMILES string of the molecule is CCC(=O)OCC(=O)[C@@]1(OC(=O)CC)[C@@H](C)C[C@H]2[C@@H]3CCC4=Cc5[nH]ncc5C[C@]4(C)[C@@]3(Cl)[C@@H](O)C[C@@]21C. The number of aliphatic hydroxyl groups is 1. The first-order valence-electron chi connectivity index (χ1n) is 13.9. The molecule has 4 aliphatic carbocycles. The maximum absolute atomic E-state index is 14.0. The highest BCUT2D eigenvalue weighted by Crippen LogP contribution is 2.72. The van der Waals surface area contributed by atoms with E-state index < -0.39 is 51.7 Å². The van der Waals surface area contributed by atoms with Gasteiger partial charge in [-0.3, -0.25) is 19.5 Å². The van der Waals surface area contributed by atoms with Gasteiger partial charge in [0.1, 0.15) is 0 Å². The average Bonchev–Trinajstić information content (AvgIpc) is 3.41. The van der Waals surface area contributed by atoms with Crippen LogP contribution in [-0.2, 0) is 30.3 Å². The van der Waals surface area contributed by atoms with E-state index in [0.717, 1.165) is 24.1 Å². The van der Waals surface area contributed by atoms with Gasteiger partial charge >= 0.3 is 11.9 Å². The molecule has 0 bridgehead atoms. The average molecular weight is 547 g/mol. The summed E-state index contributed by atoms with van der Waals surface area (Å²) in [6.45, 7) is 8.94. The summed E-state index contributed by atoms with van der Waals surface area (Å²) in [5, 5.41) is 19.3. The number of hydrogen-bond donors (Lipinski definition) is 2. The minimum atomic E-state index is -1.51. The van der Waals surface area contributed by atoms with Gasteiger partial charge in [0.25, 0.3) is 0 Å². The van der Waals surface area contributed by atoms with E-state index in [1.165, 1.54) is 5.57 Å². The number of nitrogens with zero attached hydrogens (tertiary/aromatic N) is 1. The number of halogens is 1. The number of rotatable bonds is 6. The molecule has 0 aliphatic heterocycles. The number of esters is 2. The first-order chi connectivity index (χ1) is 17.9. The Hall–Kier alpha value is -2.19. The highest BCUT2D eigenvalue weighted by Gasteiger charge is 2.76. The number of H-pyrrole nitrogens is 1. The molecule has 0 amide bonds. The van der Waals surface area contributed by atoms with Crippen LogP contribution in [0.1, 0.15) is 84.4 Å². The molecule has 3 fully saturated rings. The molecule has 0 unspecified atom stereocenters. The lowest BCUT2D eigenvalue weighted by Crippen LogP contribution is -2.70. The fraction of sp³-hybridized carbons (Fsp3) is 0.724. The van der Waals surface area contributed by atoms with Crippen molar-refractivity contribution in [3.63, 3.8) is 0 Å². The van der Waals surface area contributed by atoms with Crippen LogP contribution in [0.25, 0.3) is 6.08 Å². The highest BCUT2D eigenvalue weighted by atomic mass is 35.5. The van der Waals surface area contributed by atoms with Gasteiger partial charge in [0.05, 0.1) is 22.9 Å². The number of ketones is 1. The first kappa shape index (κ1) is 27.4. The second-order valence-electron chi connectivity index (χ2n) is 12.3. The summed E-state index contributed by atoms with van der Waals surface area (Å²) in [5.41, 5.74) is 0.405. The Bertz CT molecular complexity index is 1200. The number of hydrogen-bond acceptors (Lipinski definition) is 7. The summed E-state index contributed by atoms with van der Waals surface area (Å²) in [4.78, 5) is 37.7. The summed E-state index contributed by atoms with van der Waals surface area (Å²) in [5.74, 6) is -1.89. The van der Waals surface area contributed by atoms with Crippen molar-refractivity contribution in [3.05, 3.63) is 23.0 Å². The zero-order chi connectivity index (χ0) is 27.7. The molecular formula is C29H39ClN2O6. The van der Waals surface area contributed by atoms with Crippen molar-refractivity contribution < 1.29 is 29.0 Å². The van der Waals surface area contributed by atoms with Gasteiger partial charge in [-0.15, -0.1) is 11.6 Å². The number of allylic oxidation sites excluding steroid dienone is 1. The van der Waals surface area contributed by atoms with E-state index in [4.69, 9.17) is 21.1 Å². The highest BCUT2D eigenvalue weighted by molar-refractivity contribution is 6.26. The quantitative estimate of drug-likeness (QED) is 0.401. The van der Waals surface area contributed by atoms with Crippen molar-refractivity contribution in [2.24, 2.45) is 28.6 Å². The Labute approximate surface area is 228 Å². The molecule has 2 N–H and O–H groups in total. The van der Waals surface area contributed by atoms with E-state index in [0.29, 0.717) is 12.8 Å². The molecule has 4 aliphatic rings. The lowest BCUT2D eigenvalue weighted by molar-refractivity contribution is -0.204. The van der Waals surface area contributed by atoms with Crippen LogP contribution in [0.3, 0.4) is 0 Å². The Morgan fingerprint density at radius 3 is 2.58 bits per heavy atom. The number of alkyl halides is 1. The Balaban J connectivity index is 1.58. The number of aromatic nitrogens is 2. The predicted molar refractivity (Wildman–Crippen MR) is 141 cm³/mol. The number of aromatic amines is 1. The smallest absolute Gasteiger partial charge is 0.306 e. The first-order valence-corrected chi connectivity index (χ1v) is 14.3. The largest absolute Gasteiger partial charge is 0.457 e. The van der Waals surface area contributed by atoms with Crippen molar-refractivity contribution in [2.75, 3.05) is 6.61 Å². The molecular weight excluding hydrogens is 508 g/mol. The number of carbonyl (C=O) groups excluding carboxylic acids is 3. The molecule has 8 nitrogen and oxygen atoms in total. The second kappa shape index (κ2) is 9.19. The van der Waals surface area contributed by atoms with E-state index in [2.05, 4.69) is 23.2 Å². The van der Waals surface area contributed by atoms with E-state index in [-0.39, 0.29) is 37.0 Å². The summed E-state index contributed by atoms with van der Waals surface area (Å²) in [6.07, 6.45) is 6.36. The third-order valence-electron chi connectivity index (χ3n) is 10.6. The Kier molecular flexibility index (Phi) is 6.62. The molecule has 1 aromatic rings. The number of nitrogens with one attached hydrogen (secondary N) is 1. The Morgan fingerprint density at radius 2 is 1.89 bits per heavy atom. The molecule has 0 saturated heterocycles. The predicted octanol–water partition coefficient (Wildman–Crippen LogP) is 4.38. The molecule has 1 heterocycles. The summed E-state index contributed by atoms with van der Waals surface area (Å²) < 4.78 is 11.4. The lowest BCUT2D eigenvalue weighted by Gasteiger charge is -2.64. The molecule has 5 rings (SSSR count). The monoisotopic (exact) mass is 546 g/mol. The van der Waals surface area contributed by atoms with Gasteiger partial charge in [-0.05, 0) is 55.6 Å². The van der Waals surface area contributed by atoms with Crippen molar-refractivity contribution in [3.8, 4) is 0 Å². The number of Topliss-reactive ketones (excluding diaryl/α,β-unsaturated/α-hetero) is 1. The van der Waals surface area contributed by atoms with Crippen LogP contribution < -0.4 is 0 Å². The van der Waals surface area contributed by atoms with Crippen molar-refractivity contribution in [1.29, 1.82) is 0 Å². The zero-order valence-electron chi connectivity index (χ0n) is 22.9. The van der Waals surface area contributed by atoms with Gasteiger partial charge in [0.15, 0.2) is 12.2 Å². The third-order valence-corrected chi connectivity index (χ3v) is 11.6. The fourth-order valence-electron chi connectivity index (χ4n) is 8.76. The standard InChI is InChI=1S/C29H39ClN2O6/c1-6-24(35)37-15-23(34)29(38-25(36)7-2)16(3)10-20-19-9-8-18-11-21-17(14-31-32-21)12-26(18,4)28(19,30)22(33)13-27(20,29)5/h11,14,16,19-20,22,33H,6-10,12-13,15H2,1-5H3,(H,31,32)/t16-,19-,20-,22-,26-,27-,28-,29-/m0/s1. The molecule has 3 saturated carbocycles. The molecule has 0 spiro atoms. The lowest BCUT2D eigenvalue weighted by atomic mass is 9.44. The van der Waals surface area contributed by atoms with Crippen LogP contribution in [-0.4, -0.2) is 56.2 Å². The van der Waals surface area contributed by atoms with Crippen molar-refractivity contribution in [1.82, 2.24) is 10.2 Å². The number of fused-ring (bicyclic) bond motifs is 6. The Morgan fingerprint density at radius 1 is 1.18 bits per heavy atom. The van der Waals surface area contributed by atoms with Gasteiger partial charge < -0.3 is 14.6 Å². The van der Waals surface area contributed by atoms with E-state index in [1.54, 1.807) is 13.8 Å². The minimum absolute atomic E-state index is 0.0713. The van der Waals surface area contributed by atoms with Gasteiger partial charge in [-0.25, -0.2) is 0 Å². The number of aliphatic hydroxyl groups excluding tert-OH is 1.